The van der Waals surface area contributed by atoms with Crippen molar-refractivity contribution in [2.45, 2.75) is 19.6 Å². The summed E-state index contributed by atoms with van der Waals surface area (Å²) in [7, 11) is 1.57. The van der Waals surface area contributed by atoms with E-state index in [1.807, 2.05) is 6.92 Å². The van der Waals surface area contributed by atoms with Gasteiger partial charge in [0.15, 0.2) is 11.5 Å². The van der Waals surface area contributed by atoms with Crippen molar-refractivity contribution in [2.75, 3.05) is 7.05 Å². The van der Waals surface area contributed by atoms with E-state index in [-0.39, 0.29) is 17.9 Å². The largest absolute Gasteiger partial charge is 0.453 e. The quantitative estimate of drug-likeness (QED) is 0.821. The Bertz CT molecular complexity index is 688. The van der Waals surface area contributed by atoms with Gasteiger partial charge in [-0.25, -0.2) is 0 Å². The van der Waals surface area contributed by atoms with Crippen LogP contribution in [0.5, 0.6) is 17.2 Å². The lowest BCUT2D eigenvalue weighted by atomic mass is 10.1. The molecule has 0 heterocycles. The van der Waals surface area contributed by atoms with E-state index in [0.717, 1.165) is 11.6 Å². The molecule has 0 aromatic heterocycles. The molecule has 0 radical (unpaired) electrons. The molecule has 4 nitrogen and oxygen atoms in total. The van der Waals surface area contributed by atoms with Crippen LogP contribution in [-0.2, 0) is 12.7 Å². The number of halogens is 3. The van der Waals surface area contributed by atoms with E-state index in [1.165, 1.54) is 12.1 Å². The third-order valence-electron chi connectivity index (χ3n) is 3.15. The number of hydroxylamine groups is 1. The van der Waals surface area contributed by atoms with E-state index in [9.17, 15) is 13.2 Å². The zero-order valence-corrected chi connectivity index (χ0v) is 12.7. The summed E-state index contributed by atoms with van der Waals surface area (Å²) in [5, 5.41) is 0. The van der Waals surface area contributed by atoms with Crippen LogP contribution in [-0.4, -0.2) is 7.05 Å². The third kappa shape index (κ3) is 4.14. The Hall–Kier alpha value is -2.25. The lowest BCUT2D eigenvalue weighted by Crippen LogP contribution is -2.12. The van der Waals surface area contributed by atoms with Crippen molar-refractivity contribution in [1.29, 1.82) is 0 Å². The fourth-order valence-electron chi connectivity index (χ4n) is 2.08. The first-order chi connectivity index (χ1) is 10.8. The summed E-state index contributed by atoms with van der Waals surface area (Å²) in [6, 6.07) is 8.81. The zero-order chi connectivity index (χ0) is 17.0. The molecule has 0 bridgehead atoms. The summed E-state index contributed by atoms with van der Waals surface area (Å²) in [4.78, 5) is 5.22. The molecule has 0 saturated carbocycles. The van der Waals surface area contributed by atoms with Gasteiger partial charge in [-0.15, -0.1) is 0 Å². The molecular weight excluding hydrogens is 309 g/mol. The number of ether oxygens (including phenoxy) is 1. The van der Waals surface area contributed by atoms with Gasteiger partial charge < -0.3 is 15.3 Å². The van der Waals surface area contributed by atoms with Crippen LogP contribution in [0.15, 0.2) is 36.4 Å². The first-order valence-electron chi connectivity index (χ1n) is 6.87. The van der Waals surface area contributed by atoms with Crippen LogP contribution in [0.3, 0.4) is 0 Å². The summed E-state index contributed by atoms with van der Waals surface area (Å²) in [5.41, 5.74) is 8.01. The standard InChI is InChI=1S/C16H17F3N2O2/c1-10-3-6-14(15(7-10)23-21-2)22-12-5-4-11(9-20)13(8-12)16(17,18)19/h3-8,21H,9,20H2,1-2H3. The summed E-state index contributed by atoms with van der Waals surface area (Å²) < 4.78 is 44.7. The van der Waals surface area contributed by atoms with Crippen LogP contribution < -0.4 is 20.8 Å². The minimum atomic E-state index is -4.49. The van der Waals surface area contributed by atoms with Crippen molar-refractivity contribution in [3.63, 3.8) is 0 Å². The minimum absolute atomic E-state index is 0.0143. The number of rotatable bonds is 5. The maximum atomic E-state index is 13.1. The second-order valence-electron chi connectivity index (χ2n) is 4.88. The zero-order valence-electron chi connectivity index (χ0n) is 12.7. The number of hydrogen-bond acceptors (Lipinski definition) is 4. The van der Waals surface area contributed by atoms with E-state index < -0.39 is 11.7 Å². The molecule has 23 heavy (non-hydrogen) atoms. The van der Waals surface area contributed by atoms with Gasteiger partial charge in [0, 0.05) is 13.6 Å². The fraction of sp³-hybridized carbons (Fsp3) is 0.250. The first-order valence-corrected chi connectivity index (χ1v) is 6.87. The van der Waals surface area contributed by atoms with Gasteiger partial charge in [-0.05, 0) is 42.3 Å². The molecule has 0 fully saturated rings. The molecule has 0 aliphatic rings. The number of aryl methyl sites for hydroxylation is 1. The van der Waals surface area contributed by atoms with Gasteiger partial charge in [0.25, 0.3) is 0 Å². The number of benzene rings is 2. The van der Waals surface area contributed by atoms with E-state index in [4.69, 9.17) is 15.3 Å². The normalized spacial score (nSPS) is 11.4. The van der Waals surface area contributed by atoms with Crippen LogP contribution >= 0.6 is 0 Å². The highest BCUT2D eigenvalue weighted by Gasteiger charge is 2.33. The Morgan fingerprint density at radius 3 is 2.43 bits per heavy atom. The van der Waals surface area contributed by atoms with Gasteiger partial charge in [-0.2, -0.15) is 18.7 Å². The van der Waals surface area contributed by atoms with Crippen LogP contribution in [0.25, 0.3) is 0 Å². The van der Waals surface area contributed by atoms with E-state index in [0.29, 0.717) is 11.5 Å². The molecule has 2 aromatic carbocycles. The lowest BCUT2D eigenvalue weighted by molar-refractivity contribution is -0.138. The van der Waals surface area contributed by atoms with Crippen molar-refractivity contribution in [3.05, 3.63) is 53.1 Å². The molecule has 7 heteroatoms. The second kappa shape index (κ2) is 6.89. The summed E-state index contributed by atoms with van der Waals surface area (Å²) in [6.07, 6.45) is -4.49. The van der Waals surface area contributed by atoms with Crippen LogP contribution in [0.1, 0.15) is 16.7 Å². The summed E-state index contributed by atoms with van der Waals surface area (Å²) in [5.74, 6) is 0.738. The Morgan fingerprint density at radius 2 is 1.83 bits per heavy atom. The maximum absolute atomic E-state index is 13.1. The molecule has 0 amide bonds. The van der Waals surface area contributed by atoms with Gasteiger partial charge in [-0.1, -0.05) is 12.1 Å². The van der Waals surface area contributed by atoms with Gasteiger partial charge in [-0.3, -0.25) is 0 Å². The van der Waals surface area contributed by atoms with E-state index in [2.05, 4.69) is 5.48 Å². The highest BCUT2D eigenvalue weighted by atomic mass is 19.4. The smallest absolute Gasteiger partial charge is 0.416 e. The highest BCUT2D eigenvalue weighted by molar-refractivity contribution is 5.46. The van der Waals surface area contributed by atoms with Crippen molar-refractivity contribution in [1.82, 2.24) is 5.48 Å². The van der Waals surface area contributed by atoms with Gasteiger partial charge in [0.2, 0.25) is 0 Å². The average Bonchev–Trinajstić information content (AvgIpc) is 2.49. The minimum Gasteiger partial charge on any atom is -0.453 e. The molecule has 124 valence electrons. The van der Waals surface area contributed by atoms with Crippen LogP contribution in [0.4, 0.5) is 13.2 Å². The Morgan fingerprint density at radius 1 is 1.09 bits per heavy atom. The van der Waals surface area contributed by atoms with Gasteiger partial charge >= 0.3 is 6.18 Å². The molecule has 2 rings (SSSR count). The SMILES string of the molecule is CNOc1cc(C)ccc1Oc1ccc(CN)c(C(F)(F)F)c1. The van der Waals surface area contributed by atoms with E-state index >= 15 is 0 Å². The molecule has 2 aromatic rings. The molecule has 0 spiro atoms. The van der Waals surface area contributed by atoms with Gasteiger partial charge in [0.05, 0.1) is 5.56 Å². The summed E-state index contributed by atoms with van der Waals surface area (Å²) in [6.45, 7) is 1.66. The molecule has 0 aliphatic carbocycles. The lowest BCUT2D eigenvalue weighted by Gasteiger charge is -2.15. The average molecular weight is 326 g/mol. The predicted octanol–water partition coefficient (Wildman–Crippen LogP) is 3.78. The molecule has 0 unspecified atom stereocenters. The van der Waals surface area contributed by atoms with Gasteiger partial charge in [0.1, 0.15) is 5.75 Å². The Labute approximate surface area is 132 Å². The molecule has 0 atom stereocenters. The highest BCUT2D eigenvalue weighted by Crippen LogP contribution is 2.37. The number of alkyl halides is 3. The molecule has 0 aliphatic heterocycles. The maximum Gasteiger partial charge on any atom is 0.416 e. The first kappa shape index (κ1) is 17.1. The number of hydrogen-bond donors (Lipinski definition) is 2. The summed E-state index contributed by atoms with van der Waals surface area (Å²) >= 11 is 0. The van der Waals surface area contributed by atoms with Crippen LogP contribution in [0, 0.1) is 6.92 Å². The van der Waals surface area contributed by atoms with Crippen molar-refractivity contribution in [3.8, 4) is 17.2 Å². The Kier molecular flexibility index (Phi) is 5.12. The Balaban J connectivity index is 2.38. The van der Waals surface area contributed by atoms with Crippen molar-refractivity contribution in [2.24, 2.45) is 5.73 Å². The molecule has 0 saturated heterocycles. The monoisotopic (exact) mass is 326 g/mol. The second-order valence-corrected chi connectivity index (χ2v) is 4.88. The number of nitrogens with one attached hydrogen (secondary N) is 1. The van der Waals surface area contributed by atoms with Crippen molar-refractivity contribution >= 4 is 0 Å². The van der Waals surface area contributed by atoms with Crippen molar-refractivity contribution < 1.29 is 22.7 Å². The van der Waals surface area contributed by atoms with Crippen LogP contribution in [0.2, 0.25) is 0 Å². The third-order valence-corrected chi connectivity index (χ3v) is 3.15. The molecule has 3 N–H and O–H groups in total. The topological polar surface area (TPSA) is 56.5 Å². The molecular formula is C16H17F3N2O2. The van der Waals surface area contributed by atoms with E-state index in [1.54, 1.807) is 25.2 Å². The fourth-order valence-corrected chi connectivity index (χ4v) is 2.08. The predicted molar refractivity (Wildman–Crippen MR) is 80.3 cm³/mol. The number of nitrogens with two attached hydrogens (primary N) is 1.